The molecule has 0 spiro atoms. The molecule has 3 saturated carbocycles. The van der Waals surface area contributed by atoms with Crippen LogP contribution in [0.5, 0.6) is 0 Å². The summed E-state index contributed by atoms with van der Waals surface area (Å²) in [5.41, 5.74) is 5.32. The van der Waals surface area contributed by atoms with Gasteiger partial charge in [-0.2, -0.15) is 0 Å². The molecule has 6 rings (SSSR count). The summed E-state index contributed by atoms with van der Waals surface area (Å²) in [5.74, 6) is 0.733. The van der Waals surface area contributed by atoms with Gasteiger partial charge < -0.3 is 14.5 Å². The Morgan fingerprint density at radius 3 is 2.31 bits per heavy atom. The smallest absolute Gasteiger partial charge is 0.330 e. The summed E-state index contributed by atoms with van der Waals surface area (Å²) >= 11 is 0. The van der Waals surface area contributed by atoms with Gasteiger partial charge in [-0.15, -0.1) is 0 Å². The van der Waals surface area contributed by atoms with E-state index >= 15 is 0 Å². The molecule has 0 aliphatic heterocycles. The Bertz CT molecular complexity index is 1410. The third-order valence-electron chi connectivity index (χ3n) is 9.01. The fourth-order valence-corrected chi connectivity index (χ4v) is 6.66. The number of methoxy groups -OCH3 is 1. The third-order valence-corrected chi connectivity index (χ3v) is 9.01. The quantitative estimate of drug-likeness (QED) is 0.195. The van der Waals surface area contributed by atoms with Crippen LogP contribution in [0.25, 0.3) is 17.2 Å². The molecular formula is C36H41FN2O3. The summed E-state index contributed by atoms with van der Waals surface area (Å²) in [6.07, 6.45) is 10.6. The zero-order valence-corrected chi connectivity index (χ0v) is 24.9. The highest BCUT2D eigenvalue weighted by Gasteiger charge is 2.35. The van der Waals surface area contributed by atoms with Crippen LogP contribution in [0, 0.1) is 23.6 Å². The summed E-state index contributed by atoms with van der Waals surface area (Å²) in [6.45, 7) is 0.336. The van der Waals surface area contributed by atoms with E-state index in [4.69, 9.17) is 0 Å². The second-order valence-corrected chi connectivity index (χ2v) is 12.1. The van der Waals surface area contributed by atoms with Gasteiger partial charge >= 0.3 is 5.97 Å². The molecule has 42 heavy (non-hydrogen) atoms. The number of hydrogen-bond donors (Lipinski definition) is 0. The van der Waals surface area contributed by atoms with Gasteiger partial charge in [0.2, 0.25) is 5.91 Å². The predicted molar refractivity (Wildman–Crippen MR) is 168 cm³/mol. The number of esters is 1. The van der Waals surface area contributed by atoms with Crippen molar-refractivity contribution in [1.29, 1.82) is 0 Å². The van der Waals surface area contributed by atoms with Crippen molar-refractivity contribution in [3.8, 4) is 11.1 Å². The Morgan fingerprint density at radius 2 is 1.62 bits per heavy atom. The van der Waals surface area contributed by atoms with E-state index < -0.39 is 11.8 Å². The number of fused-ring (bicyclic) bond motifs is 4. The Hall–Kier alpha value is -3.93. The number of carbonyl (C=O) groups excluding carboxylic acids is 2. The lowest BCUT2D eigenvalue weighted by Crippen LogP contribution is -2.34. The van der Waals surface area contributed by atoms with E-state index in [1.807, 2.05) is 26.2 Å². The lowest BCUT2D eigenvalue weighted by atomic mass is 9.74. The van der Waals surface area contributed by atoms with Crippen LogP contribution in [0.3, 0.4) is 0 Å². The summed E-state index contributed by atoms with van der Waals surface area (Å²) in [7, 11) is 5.34. The standard InChI is InChI=1S/C36H41FN2O3/c1-38(2)33-16-14-30(15-17-33)29-12-8-26(9-13-29)24-39(34-21-27(20-32(37)23-34)10-18-36(41)42-3)35(40)22-31-19-25-5-4-6-28(31)11-7-25/h8-10,12-18,20-21,23,25,28,31H,4-7,11,19,22,24H2,1-3H3/b18-10+. The Labute approximate surface area is 249 Å². The van der Waals surface area contributed by atoms with Crippen LogP contribution in [-0.4, -0.2) is 33.1 Å². The van der Waals surface area contributed by atoms with E-state index in [1.54, 1.807) is 11.0 Å². The zero-order chi connectivity index (χ0) is 29.6. The molecule has 3 atom stereocenters. The number of rotatable bonds is 9. The van der Waals surface area contributed by atoms with Gasteiger partial charge in [-0.3, -0.25) is 4.79 Å². The molecule has 3 unspecified atom stereocenters. The second kappa shape index (κ2) is 13.4. The minimum atomic E-state index is -0.520. The van der Waals surface area contributed by atoms with Crippen molar-refractivity contribution < 1.29 is 18.7 Å². The maximum Gasteiger partial charge on any atom is 0.330 e. The van der Waals surface area contributed by atoms with Crippen molar-refractivity contribution in [2.75, 3.05) is 31.0 Å². The monoisotopic (exact) mass is 568 g/mol. The van der Waals surface area contributed by atoms with Gasteiger partial charge in [0.1, 0.15) is 5.82 Å². The normalized spacial score (nSPS) is 19.9. The molecule has 5 nitrogen and oxygen atoms in total. The number of ether oxygens (including phenoxy) is 1. The fraction of sp³-hybridized carbons (Fsp3) is 0.389. The van der Waals surface area contributed by atoms with E-state index in [-0.39, 0.29) is 5.91 Å². The molecule has 0 N–H and O–H groups in total. The number of anilines is 2. The van der Waals surface area contributed by atoms with Crippen LogP contribution in [0.2, 0.25) is 0 Å². The molecule has 220 valence electrons. The molecule has 1 amide bonds. The second-order valence-electron chi connectivity index (χ2n) is 12.1. The average Bonchev–Trinajstić information content (AvgIpc) is 3.34. The van der Waals surface area contributed by atoms with Crippen LogP contribution in [-0.2, 0) is 20.9 Å². The molecule has 2 bridgehead atoms. The lowest BCUT2D eigenvalue weighted by molar-refractivity contribution is -0.134. The molecule has 3 aromatic rings. The fourth-order valence-electron chi connectivity index (χ4n) is 6.66. The molecule has 6 heteroatoms. The number of carbonyl (C=O) groups is 2. The first kappa shape index (κ1) is 29.6. The maximum absolute atomic E-state index is 14.9. The minimum Gasteiger partial charge on any atom is -0.466 e. The molecule has 3 aromatic carbocycles. The SMILES string of the molecule is COC(=O)/C=C/c1cc(F)cc(N(Cc2ccc(-c3ccc(N(C)C)cc3)cc2)C(=O)CC2CC3CCCC2CC3)c1. The van der Waals surface area contributed by atoms with Crippen molar-refractivity contribution in [2.24, 2.45) is 17.8 Å². The van der Waals surface area contributed by atoms with E-state index in [2.05, 4.69) is 46.0 Å². The van der Waals surface area contributed by atoms with Gasteiger partial charge in [-0.25, -0.2) is 9.18 Å². The number of nitrogens with zero attached hydrogens (tertiary/aromatic N) is 2. The molecule has 0 aromatic heterocycles. The van der Waals surface area contributed by atoms with Crippen molar-refractivity contribution in [2.45, 2.75) is 51.5 Å². The largest absolute Gasteiger partial charge is 0.466 e. The van der Waals surface area contributed by atoms with Crippen molar-refractivity contribution >= 4 is 29.3 Å². The molecule has 3 fully saturated rings. The lowest BCUT2D eigenvalue weighted by Gasteiger charge is -2.34. The zero-order valence-electron chi connectivity index (χ0n) is 24.9. The Balaban J connectivity index is 1.41. The Morgan fingerprint density at radius 1 is 0.905 bits per heavy atom. The molecule has 3 aliphatic carbocycles. The summed E-state index contributed by atoms with van der Waals surface area (Å²) in [5, 5.41) is 0. The van der Waals surface area contributed by atoms with Crippen LogP contribution >= 0.6 is 0 Å². The first-order valence-corrected chi connectivity index (χ1v) is 15.0. The van der Waals surface area contributed by atoms with Crippen molar-refractivity contribution in [3.05, 3.63) is 89.8 Å². The highest BCUT2D eigenvalue weighted by Crippen LogP contribution is 2.44. The summed E-state index contributed by atoms with van der Waals surface area (Å²) in [6, 6.07) is 21.2. The van der Waals surface area contributed by atoms with Crippen molar-refractivity contribution in [3.63, 3.8) is 0 Å². The Kier molecular flexibility index (Phi) is 9.41. The van der Waals surface area contributed by atoms with Gasteiger partial charge in [0.05, 0.1) is 13.7 Å². The number of benzene rings is 3. The third kappa shape index (κ3) is 7.28. The first-order valence-electron chi connectivity index (χ1n) is 15.0. The number of halogens is 1. The van der Waals surface area contributed by atoms with E-state index in [9.17, 15) is 14.0 Å². The van der Waals surface area contributed by atoms with Gasteiger partial charge in [0.15, 0.2) is 0 Å². The van der Waals surface area contributed by atoms with Gasteiger partial charge in [-0.1, -0.05) is 62.1 Å². The molecule has 0 heterocycles. The number of hydrogen-bond acceptors (Lipinski definition) is 4. The maximum atomic E-state index is 14.9. The highest BCUT2D eigenvalue weighted by atomic mass is 19.1. The first-order chi connectivity index (χ1) is 20.3. The molecule has 0 saturated heterocycles. The van der Waals surface area contributed by atoms with Crippen molar-refractivity contribution in [1.82, 2.24) is 0 Å². The molecule has 3 aliphatic rings. The highest BCUT2D eigenvalue weighted by molar-refractivity contribution is 5.94. The predicted octanol–water partition coefficient (Wildman–Crippen LogP) is 7.88. The van der Waals surface area contributed by atoms with E-state index in [0.29, 0.717) is 36.1 Å². The van der Waals surface area contributed by atoms with Crippen LogP contribution in [0.15, 0.2) is 72.8 Å². The molecular weight excluding hydrogens is 527 g/mol. The van der Waals surface area contributed by atoms with Crippen LogP contribution < -0.4 is 9.80 Å². The average molecular weight is 569 g/mol. The summed E-state index contributed by atoms with van der Waals surface area (Å²) in [4.78, 5) is 29.5. The van der Waals surface area contributed by atoms with Crippen LogP contribution in [0.4, 0.5) is 15.8 Å². The van der Waals surface area contributed by atoms with Gasteiger partial charge in [-0.05, 0) is 89.3 Å². The van der Waals surface area contributed by atoms with E-state index in [0.717, 1.165) is 34.7 Å². The van der Waals surface area contributed by atoms with E-state index in [1.165, 1.54) is 63.5 Å². The number of amides is 1. The summed E-state index contributed by atoms with van der Waals surface area (Å²) < 4.78 is 19.5. The van der Waals surface area contributed by atoms with Gasteiger partial charge in [0, 0.05) is 38.0 Å². The van der Waals surface area contributed by atoms with Crippen LogP contribution in [0.1, 0.15) is 56.1 Å². The molecule has 0 radical (unpaired) electrons. The minimum absolute atomic E-state index is 0.0180. The topological polar surface area (TPSA) is 49.9 Å². The van der Waals surface area contributed by atoms with Gasteiger partial charge in [0.25, 0.3) is 0 Å².